The van der Waals surface area contributed by atoms with Gasteiger partial charge >= 0.3 is 0 Å². The third-order valence-corrected chi connectivity index (χ3v) is 3.96. The van der Waals surface area contributed by atoms with Gasteiger partial charge in [-0.3, -0.25) is 4.72 Å². The fourth-order valence-electron chi connectivity index (χ4n) is 1.64. The van der Waals surface area contributed by atoms with Crippen LogP contribution in [0.2, 0.25) is 0 Å². The van der Waals surface area contributed by atoms with Crippen molar-refractivity contribution in [1.29, 1.82) is 0 Å². The van der Waals surface area contributed by atoms with Gasteiger partial charge in [0.1, 0.15) is 16.5 Å². The molecule has 0 heterocycles. The highest BCUT2D eigenvalue weighted by Gasteiger charge is 2.24. The van der Waals surface area contributed by atoms with Crippen molar-refractivity contribution in [2.75, 3.05) is 10.5 Å². The van der Waals surface area contributed by atoms with Crippen LogP contribution in [0.1, 0.15) is 0 Å². The van der Waals surface area contributed by atoms with Crippen molar-refractivity contribution in [2.24, 2.45) is 0 Å². The van der Waals surface area contributed by atoms with E-state index in [2.05, 4.69) is 0 Å². The lowest BCUT2D eigenvalue weighted by Crippen LogP contribution is -2.18. The molecule has 21 heavy (non-hydrogen) atoms. The Morgan fingerprint density at radius 3 is 2.29 bits per heavy atom. The summed E-state index contributed by atoms with van der Waals surface area (Å²) in [5.74, 6) is -5.59. The molecule has 0 aliphatic carbocycles. The Morgan fingerprint density at radius 2 is 1.67 bits per heavy atom. The molecule has 0 saturated carbocycles. The second-order valence-electron chi connectivity index (χ2n) is 4.01. The van der Waals surface area contributed by atoms with Crippen molar-refractivity contribution in [3.63, 3.8) is 0 Å². The first-order chi connectivity index (χ1) is 9.72. The molecule has 112 valence electrons. The van der Waals surface area contributed by atoms with Gasteiger partial charge in [-0.1, -0.05) is 6.07 Å². The number of rotatable bonds is 3. The van der Waals surface area contributed by atoms with Crippen LogP contribution < -0.4 is 10.5 Å². The van der Waals surface area contributed by atoms with Crippen molar-refractivity contribution >= 4 is 21.4 Å². The third-order valence-electron chi connectivity index (χ3n) is 2.50. The van der Waals surface area contributed by atoms with Gasteiger partial charge in [0.2, 0.25) is 0 Å². The van der Waals surface area contributed by atoms with Crippen LogP contribution in [0.4, 0.5) is 28.9 Å². The Morgan fingerprint density at radius 1 is 1.00 bits per heavy atom. The molecule has 0 saturated heterocycles. The highest BCUT2D eigenvalue weighted by molar-refractivity contribution is 7.92. The maximum absolute atomic E-state index is 13.6. The molecule has 0 fully saturated rings. The van der Waals surface area contributed by atoms with E-state index < -0.39 is 49.6 Å². The van der Waals surface area contributed by atoms with E-state index in [4.69, 9.17) is 5.73 Å². The fourth-order valence-corrected chi connectivity index (χ4v) is 2.88. The van der Waals surface area contributed by atoms with E-state index in [0.717, 1.165) is 12.1 Å². The molecular formula is C12H8F4N2O2S. The molecule has 0 atom stereocenters. The number of halogens is 4. The van der Waals surface area contributed by atoms with Crippen molar-refractivity contribution in [3.8, 4) is 0 Å². The fraction of sp³-hybridized carbons (Fsp3) is 0. The van der Waals surface area contributed by atoms with Gasteiger partial charge < -0.3 is 5.73 Å². The maximum atomic E-state index is 13.6. The Kier molecular flexibility index (Phi) is 3.77. The van der Waals surface area contributed by atoms with E-state index in [1.165, 1.54) is 6.07 Å². The first-order valence-electron chi connectivity index (χ1n) is 5.43. The molecule has 2 aromatic rings. The van der Waals surface area contributed by atoms with E-state index >= 15 is 0 Å². The summed E-state index contributed by atoms with van der Waals surface area (Å²) < 4.78 is 78.5. The lowest BCUT2D eigenvalue weighted by Gasteiger charge is -2.11. The van der Waals surface area contributed by atoms with Gasteiger partial charge in [0.15, 0.2) is 11.6 Å². The van der Waals surface area contributed by atoms with Crippen LogP contribution in [0.3, 0.4) is 0 Å². The first-order valence-corrected chi connectivity index (χ1v) is 6.92. The van der Waals surface area contributed by atoms with Crippen LogP contribution in [-0.2, 0) is 10.0 Å². The average molecular weight is 320 g/mol. The quantitative estimate of drug-likeness (QED) is 0.519. The summed E-state index contributed by atoms with van der Waals surface area (Å²) in [5, 5.41) is 0. The van der Waals surface area contributed by atoms with Gasteiger partial charge in [0.25, 0.3) is 10.0 Å². The first kappa shape index (κ1) is 15.1. The lowest BCUT2D eigenvalue weighted by atomic mass is 10.3. The molecule has 4 nitrogen and oxygen atoms in total. The number of benzene rings is 2. The van der Waals surface area contributed by atoms with Crippen molar-refractivity contribution < 1.29 is 26.0 Å². The monoisotopic (exact) mass is 320 g/mol. The van der Waals surface area contributed by atoms with Crippen molar-refractivity contribution in [1.82, 2.24) is 0 Å². The Hall–Kier alpha value is -2.29. The topological polar surface area (TPSA) is 72.2 Å². The van der Waals surface area contributed by atoms with Gasteiger partial charge in [-0.2, -0.15) is 0 Å². The second kappa shape index (κ2) is 5.24. The Bertz CT molecular complexity index is 789. The highest BCUT2D eigenvalue weighted by atomic mass is 32.2. The van der Waals surface area contributed by atoms with E-state index in [9.17, 15) is 26.0 Å². The lowest BCUT2D eigenvalue weighted by molar-refractivity contribution is 0.498. The summed E-state index contributed by atoms with van der Waals surface area (Å²) in [7, 11) is -4.65. The summed E-state index contributed by atoms with van der Waals surface area (Å²) >= 11 is 0. The summed E-state index contributed by atoms with van der Waals surface area (Å²) in [6.45, 7) is 0. The number of nitrogens with two attached hydrogens (primary N) is 1. The van der Waals surface area contributed by atoms with Gasteiger partial charge in [0, 0.05) is 12.1 Å². The zero-order valence-corrected chi connectivity index (χ0v) is 11.0. The number of sulfonamides is 1. The van der Waals surface area contributed by atoms with Gasteiger partial charge in [-0.05, 0) is 12.1 Å². The number of nitrogens with one attached hydrogen (secondary N) is 1. The summed E-state index contributed by atoms with van der Waals surface area (Å²) in [4.78, 5) is -0.936. The molecule has 0 aliphatic rings. The van der Waals surface area contributed by atoms with Gasteiger partial charge in [-0.25, -0.2) is 26.0 Å². The molecular weight excluding hydrogens is 312 g/mol. The molecule has 0 radical (unpaired) electrons. The van der Waals surface area contributed by atoms with Crippen LogP contribution >= 0.6 is 0 Å². The standard InChI is InChI=1S/C12H8F4N2O2S/c13-6-4-8(15)11(16)10(5-6)18-21(19,20)12-7(14)2-1-3-9(12)17/h1-5,18H,17H2. The van der Waals surface area contributed by atoms with Crippen LogP contribution in [0.5, 0.6) is 0 Å². The predicted molar refractivity (Wildman–Crippen MR) is 67.9 cm³/mol. The van der Waals surface area contributed by atoms with Crippen LogP contribution in [0.15, 0.2) is 35.2 Å². The normalized spacial score (nSPS) is 11.4. The second-order valence-corrected chi connectivity index (χ2v) is 5.63. The van der Waals surface area contributed by atoms with Crippen molar-refractivity contribution in [3.05, 3.63) is 53.6 Å². The smallest absolute Gasteiger partial charge is 0.266 e. The molecule has 2 aromatic carbocycles. The van der Waals surface area contributed by atoms with E-state index in [-0.39, 0.29) is 6.07 Å². The molecule has 3 N–H and O–H groups in total. The summed E-state index contributed by atoms with van der Waals surface area (Å²) in [5.41, 5.74) is 3.94. The zero-order chi connectivity index (χ0) is 15.8. The average Bonchev–Trinajstić information content (AvgIpc) is 2.34. The third kappa shape index (κ3) is 2.92. The largest absolute Gasteiger partial charge is 0.398 e. The van der Waals surface area contributed by atoms with Crippen molar-refractivity contribution in [2.45, 2.75) is 4.90 Å². The molecule has 0 spiro atoms. The minimum Gasteiger partial charge on any atom is -0.398 e. The van der Waals surface area contributed by atoms with E-state index in [1.807, 2.05) is 0 Å². The minimum absolute atomic E-state index is 0.241. The Balaban J connectivity index is 2.53. The number of anilines is 2. The van der Waals surface area contributed by atoms with Gasteiger partial charge in [0.05, 0.1) is 11.4 Å². The Labute approximate surface area is 117 Å². The number of nitrogen functional groups attached to an aromatic ring is 1. The molecule has 0 aliphatic heterocycles. The molecule has 0 unspecified atom stereocenters. The molecule has 9 heteroatoms. The number of hydrogen-bond acceptors (Lipinski definition) is 3. The molecule has 2 rings (SSSR count). The molecule has 0 amide bonds. The van der Waals surface area contributed by atoms with E-state index in [0.29, 0.717) is 6.07 Å². The van der Waals surface area contributed by atoms with Crippen LogP contribution in [0, 0.1) is 23.3 Å². The summed E-state index contributed by atoms with van der Waals surface area (Å²) in [6.07, 6.45) is 0. The maximum Gasteiger partial charge on any atom is 0.266 e. The molecule has 0 aromatic heterocycles. The van der Waals surface area contributed by atoms with E-state index in [1.54, 1.807) is 4.72 Å². The predicted octanol–water partition coefficient (Wildman–Crippen LogP) is 2.63. The summed E-state index contributed by atoms with van der Waals surface area (Å²) in [6, 6.07) is 3.78. The number of hydrogen-bond donors (Lipinski definition) is 2. The van der Waals surface area contributed by atoms with Gasteiger partial charge in [-0.15, -0.1) is 0 Å². The SMILES string of the molecule is Nc1cccc(F)c1S(=O)(=O)Nc1cc(F)cc(F)c1F. The van der Waals surface area contributed by atoms with Crippen LogP contribution in [0.25, 0.3) is 0 Å². The van der Waals surface area contributed by atoms with Crippen LogP contribution in [-0.4, -0.2) is 8.42 Å². The zero-order valence-electron chi connectivity index (χ0n) is 10.2. The molecule has 0 bridgehead atoms. The highest BCUT2D eigenvalue weighted by Crippen LogP contribution is 2.26. The minimum atomic E-state index is -4.65.